The van der Waals surface area contributed by atoms with E-state index in [2.05, 4.69) is 22.3 Å². The molecule has 0 spiro atoms. The van der Waals surface area contributed by atoms with Crippen molar-refractivity contribution in [3.63, 3.8) is 0 Å². The largest absolute Gasteiger partial charge is 0.379 e. The Morgan fingerprint density at radius 3 is 2.82 bits per heavy atom. The molecule has 1 aliphatic carbocycles. The third-order valence-electron chi connectivity index (χ3n) is 4.58. The van der Waals surface area contributed by atoms with Crippen LogP contribution in [0, 0.1) is 5.92 Å². The van der Waals surface area contributed by atoms with Gasteiger partial charge in [0.25, 0.3) is 0 Å². The van der Waals surface area contributed by atoms with Gasteiger partial charge in [-0.05, 0) is 50.8 Å². The number of fused-ring (bicyclic) bond motifs is 1. The lowest BCUT2D eigenvalue weighted by Crippen LogP contribution is -2.58. The molecule has 0 amide bonds. The number of ether oxygens (including phenoxy) is 1. The first-order chi connectivity index (χ1) is 10.7. The van der Waals surface area contributed by atoms with Crippen LogP contribution in [0.3, 0.4) is 0 Å². The van der Waals surface area contributed by atoms with E-state index in [4.69, 9.17) is 16.3 Å². The van der Waals surface area contributed by atoms with E-state index in [1.165, 1.54) is 0 Å². The van der Waals surface area contributed by atoms with Crippen molar-refractivity contribution in [2.75, 3.05) is 19.8 Å². The molecule has 2 aliphatic rings. The monoisotopic (exact) mass is 323 g/mol. The number of rotatable bonds is 5. The summed E-state index contributed by atoms with van der Waals surface area (Å²) in [4.78, 5) is 6.65. The molecule has 0 bridgehead atoms. The van der Waals surface area contributed by atoms with Crippen molar-refractivity contribution >= 4 is 23.2 Å². The quantitative estimate of drug-likeness (QED) is 0.816. The van der Waals surface area contributed by atoms with Crippen LogP contribution >= 0.6 is 11.6 Å². The second-order valence-corrected chi connectivity index (χ2v) is 6.23. The lowest BCUT2D eigenvalue weighted by Gasteiger charge is -2.48. The molecular weight excluding hydrogens is 302 g/mol. The minimum absolute atomic E-state index is 0.322. The second-order valence-electron chi connectivity index (χ2n) is 5.79. The highest BCUT2D eigenvalue weighted by Gasteiger charge is 2.54. The summed E-state index contributed by atoms with van der Waals surface area (Å²) in [7, 11) is 0. The molecule has 1 aromatic rings. The lowest BCUT2D eigenvalue weighted by molar-refractivity contribution is 0.00606. The van der Waals surface area contributed by atoms with Gasteiger partial charge >= 0.3 is 0 Å². The standard InChI is InChI=1S/C16H22ClN3O2/c1-3-20-15(19-21)18-14-8-7-12(17)9-13(14)16(20,10-22-4-2)11-5-6-11/h7-9,11,21H,3-6,10H2,1-2H3,(H,18,19). The molecule has 0 aromatic heterocycles. The van der Waals surface area contributed by atoms with Crippen molar-refractivity contribution in [1.82, 2.24) is 10.4 Å². The van der Waals surface area contributed by atoms with E-state index in [1.54, 1.807) is 0 Å². The maximum Gasteiger partial charge on any atom is 0.224 e. The Morgan fingerprint density at radius 1 is 1.45 bits per heavy atom. The molecular formula is C16H22ClN3O2. The molecule has 1 unspecified atom stereocenters. The first kappa shape index (κ1) is 15.6. The van der Waals surface area contributed by atoms with Crippen LogP contribution in [0.4, 0.5) is 5.69 Å². The molecule has 120 valence electrons. The number of halogens is 1. The third-order valence-corrected chi connectivity index (χ3v) is 4.82. The Bertz CT molecular complexity index is 589. The van der Waals surface area contributed by atoms with Gasteiger partial charge in [-0.25, -0.2) is 10.5 Å². The molecule has 1 atom stereocenters. The Morgan fingerprint density at radius 2 is 2.23 bits per heavy atom. The highest BCUT2D eigenvalue weighted by Crippen LogP contribution is 2.54. The lowest BCUT2D eigenvalue weighted by atomic mass is 9.81. The highest BCUT2D eigenvalue weighted by atomic mass is 35.5. The van der Waals surface area contributed by atoms with Crippen molar-refractivity contribution in [3.8, 4) is 0 Å². The third kappa shape index (κ3) is 2.37. The molecule has 0 saturated heterocycles. The molecule has 0 radical (unpaired) electrons. The first-order valence-electron chi connectivity index (χ1n) is 7.81. The van der Waals surface area contributed by atoms with Gasteiger partial charge in [0, 0.05) is 23.7 Å². The Labute approximate surface area is 135 Å². The number of aliphatic imine (C=N–C) groups is 1. The summed E-state index contributed by atoms with van der Waals surface area (Å²) in [6.07, 6.45) is 2.29. The summed E-state index contributed by atoms with van der Waals surface area (Å²) in [5, 5.41) is 10.2. The molecule has 22 heavy (non-hydrogen) atoms. The van der Waals surface area contributed by atoms with Crippen LogP contribution in [0.1, 0.15) is 32.3 Å². The number of guanidine groups is 1. The van der Waals surface area contributed by atoms with Crippen LogP contribution in [0.25, 0.3) is 0 Å². The predicted octanol–water partition coefficient (Wildman–Crippen LogP) is 3.28. The maximum atomic E-state index is 9.54. The number of hydrogen-bond donors (Lipinski definition) is 2. The van der Waals surface area contributed by atoms with Gasteiger partial charge in [0.2, 0.25) is 5.96 Å². The minimum atomic E-state index is -0.322. The van der Waals surface area contributed by atoms with Gasteiger partial charge in [0.05, 0.1) is 17.8 Å². The van der Waals surface area contributed by atoms with E-state index in [9.17, 15) is 5.21 Å². The predicted molar refractivity (Wildman–Crippen MR) is 86.7 cm³/mol. The molecule has 1 heterocycles. The van der Waals surface area contributed by atoms with Crippen LogP contribution in [-0.2, 0) is 10.3 Å². The van der Waals surface area contributed by atoms with Gasteiger partial charge < -0.3 is 9.64 Å². The van der Waals surface area contributed by atoms with Gasteiger partial charge in [-0.3, -0.25) is 5.21 Å². The molecule has 3 rings (SSSR count). The molecule has 1 aliphatic heterocycles. The SMILES string of the molecule is CCOCC1(C2CC2)c2cc(Cl)ccc2N=C(NO)N1CC. The summed E-state index contributed by atoms with van der Waals surface area (Å²) in [6.45, 7) is 6.00. The molecule has 1 fully saturated rings. The number of hydrogen-bond acceptors (Lipinski definition) is 5. The fourth-order valence-corrected chi connectivity index (χ4v) is 3.68. The van der Waals surface area contributed by atoms with Crippen LogP contribution in [0.5, 0.6) is 0 Å². The van der Waals surface area contributed by atoms with Crippen molar-refractivity contribution in [3.05, 3.63) is 28.8 Å². The van der Waals surface area contributed by atoms with Crippen LogP contribution in [-0.4, -0.2) is 35.8 Å². The van der Waals surface area contributed by atoms with Crippen molar-refractivity contribution in [1.29, 1.82) is 0 Å². The summed E-state index contributed by atoms with van der Waals surface area (Å²) < 4.78 is 5.85. The van der Waals surface area contributed by atoms with Gasteiger partial charge in [-0.1, -0.05) is 11.6 Å². The minimum Gasteiger partial charge on any atom is -0.379 e. The first-order valence-corrected chi connectivity index (χ1v) is 8.19. The zero-order valence-electron chi connectivity index (χ0n) is 13.0. The van der Waals surface area contributed by atoms with E-state index >= 15 is 0 Å². The zero-order valence-corrected chi connectivity index (χ0v) is 13.7. The fourth-order valence-electron chi connectivity index (χ4n) is 3.51. The zero-order chi connectivity index (χ0) is 15.7. The van der Waals surface area contributed by atoms with Crippen molar-refractivity contribution < 1.29 is 9.94 Å². The summed E-state index contributed by atoms with van der Waals surface area (Å²) in [5.41, 5.74) is 3.88. The summed E-state index contributed by atoms with van der Waals surface area (Å²) in [6, 6.07) is 5.73. The van der Waals surface area contributed by atoms with Gasteiger partial charge in [-0.2, -0.15) is 0 Å². The van der Waals surface area contributed by atoms with E-state index in [1.807, 2.05) is 25.1 Å². The average molecular weight is 324 g/mol. The Hall–Kier alpha value is -1.30. The van der Waals surface area contributed by atoms with Crippen LogP contribution in [0.2, 0.25) is 5.02 Å². The molecule has 1 saturated carbocycles. The van der Waals surface area contributed by atoms with Gasteiger partial charge in [0.1, 0.15) is 0 Å². The van der Waals surface area contributed by atoms with Gasteiger partial charge in [-0.15, -0.1) is 0 Å². The van der Waals surface area contributed by atoms with E-state index in [-0.39, 0.29) is 5.54 Å². The summed E-state index contributed by atoms with van der Waals surface area (Å²) >= 11 is 6.25. The van der Waals surface area contributed by atoms with Crippen molar-refractivity contribution in [2.24, 2.45) is 10.9 Å². The van der Waals surface area contributed by atoms with Gasteiger partial charge in [0.15, 0.2) is 0 Å². The van der Waals surface area contributed by atoms with E-state index in [0.717, 1.165) is 30.6 Å². The van der Waals surface area contributed by atoms with E-state index < -0.39 is 0 Å². The normalized spacial score (nSPS) is 24.0. The molecule has 6 heteroatoms. The number of likely N-dealkylation sites (N-methyl/N-ethyl adjacent to an activating group) is 1. The summed E-state index contributed by atoms with van der Waals surface area (Å²) in [5.74, 6) is 0.957. The van der Waals surface area contributed by atoms with Crippen LogP contribution < -0.4 is 5.48 Å². The number of nitrogens with one attached hydrogen (secondary N) is 1. The van der Waals surface area contributed by atoms with E-state index in [0.29, 0.717) is 30.1 Å². The maximum absolute atomic E-state index is 9.54. The fraction of sp³-hybridized carbons (Fsp3) is 0.562. The van der Waals surface area contributed by atoms with Crippen molar-refractivity contribution in [2.45, 2.75) is 32.2 Å². The second kappa shape index (κ2) is 6.07. The number of benzene rings is 1. The average Bonchev–Trinajstić information content (AvgIpc) is 3.37. The molecule has 2 N–H and O–H groups in total. The number of hydroxylamine groups is 1. The Kier molecular flexibility index (Phi) is 4.30. The topological polar surface area (TPSA) is 57.1 Å². The smallest absolute Gasteiger partial charge is 0.224 e. The van der Waals surface area contributed by atoms with Crippen LogP contribution in [0.15, 0.2) is 23.2 Å². The number of nitrogens with zero attached hydrogens (tertiary/aromatic N) is 2. The molecule has 5 nitrogen and oxygen atoms in total. The molecule has 1 aromatic carbocycles. The Balaban J connectivity index is 2.18. The highest BCUT2D eigenvalue weighted by molar-refractivity contribution is 6.30.